The minimum Gasteiger partial charge on any atom is -0.356 e. The molecule has 8 heteroatoms. The standard InChI is InChI=1S/C16H18N4O4/c1-2-11-18-13(24-20-11)8-17-16(22)15-14(19-12(21)9-23-15)10-6-4-3-5-7-10/h3-7,14-15H,2,8-9H2,1H3,(H,17,22)(H,19,21). The quantitative estimate of drug-likeness (QED) is 0.827. The Morgan fingerprint density at radius 3 is 2.88 bits per heavy atom. The van der Waals surface area contributed by atoms with E-state index in [1.54, 1.807) is 0 Å². The van der Waals surface area contributed by atoms with E-state index in [0.29, 0.717) is 18.1 Å². The molecule has 1 aromatic heterocycles. The number of amides is 2. The first-order valence-electron chi connectivity index (χ1n) is 7.72. The summed E-state index contributed by atoms with van der Waals surface area (Å²) in [4.78, 5) is 28.2. The van der Waals surface area contributed by atoms with Crippen molar-refractivity contribution in [2.45, 2.75) is 32.0 Å². The molecule has 1 aromatic carbocycles. The second-order valence-corrected chi connectivity index (χ2v) is 5.36. The van der Waals surface area contributed by atoms with Crippen LogP contribution in [0.5, 0.6) is 0 Å². The summed E-state index contributed by atoms with van der Waals surface area (Å²) < 4.78 is 10.5. The number of aryl methyl sites for hydroxylation is 1. The molecule has 2 amide bonds. The van der Waals surface area contributed by atoms with Crippen LogP contribution in [0.2, 0.25) is 0 Å². The van der Waals surface area contributed by atoms with E-state index in [1.165, 1.54) is 0 Å². The Kier molecular flexibility index (Phi) is 4.85. The van der Waals surface area contributed by atoms with Crippen molar-refractivity contribution >= 4 is 11.8 Å². The maximum Gasteiger partial charge on any atom is 0.252 e. The van der Waals surface area contributed by atoms with Crippen molar-refractivity contribution in [1.29, 1.82) is 0 Å². The van der Waals surface area contributed by atoms with E-state index < -0.39 is 12.1 Å². The molecule has 2 N–H and O–H groups in total. The largest absolute Gasteiger partial charge is 0.356 e. The lowest BCUT2D eigenvalue weighted by molar-refractivity contribution is -0.148. The topological polar surface area (TPSA) is 106 Å². The van der Waals surface area contributed by atoms with E-state index in [4.69, 9.17) is 9.26 Å². The molecule has 0 spiro atoms. The number of hydrogen-bond acceptors (Lipinski definition) is 6. The lowest BCUT2D eigenvalue weighted by Crippen LogP contribution is -2.52. The molecular weight excluding hydrogens is 312 g/mol. The van der Waals surface area contributed by atoms with Crippen LogP contribution in [0.25, 0.3) is 0 Å². The number of morpholine rings is 1. The van der Waals surface area contributed by atoms with Gasteiger partial charge in [0.05, 0.1) is 12.6 Å². The molecule has 2 heterocycles. The summed E-state index contributed by atoms with van der Waals surface area (Å²) in [5.41, 5.74) is 0.803. The van der Waals surface area contributed by atoms with Crippen molar-refractivity contribution in [3.05, 3.63) is 47.6 Å². The van der Waals surface area contributed by atoms with E-state index in [0.717, 1.165) is 5.56 Å². The molecule has 0 radical (unpaired) electrons. The molecule has 8 nitrogen and oxygen atoms in total. The van der Waals surface area contributed by atoms with Gasteiger partial charge in [0.2, 0.25) is 11.8 Å². The summed E-state index contributed by atoms with van der Waals surface area (Å²) in [5, 5.41) is 9.28. The third-order valence-corrected chi connectivity index (χ3v) is 3.67. The summed E-state index contributed by atoms with van der Waals surface area (Å²) in [6.07, 6.45) is -0.163. The zero-order valence-electron chi connectivity index (χ0n) is 13.2. The SMILES string of the molecule is CCc1noc(CNC(=O)C2OCC(=O)NC2c2ccccc2)n1. The van der Waals surface area contributed by atoms with Crippen LogP contribution >= 0.6 is 0 Å². The minimum absolute atomic E-state index is 0.112. The Hall–Kier alpha value is -2.74. The van der Waals surface area contributed by atoms with Gasteiger partial charge >= 0.3 is 0 Å². The number of hydrogen-bond donors (Lipinski definition) is 2. The van der Waals surface area contributed by atoms with E-state index in [1.807, 2.05) is 37.3 Å². The maximum absolute atomic E-state index is 12.5. The second-order valence-electron chi connectivity index (χ2n) is 5.36. The van der Waals surface area contributed by atoms with Crippen LogP contribution in [-0.2, 0) is 27.3 Å². The Balaban J connectivity index is 1.68. The minimum atomic E-state index is -0.821. The van der Waals surface area contributed by atoms with Gasteiger partial charge in [-0.3, -0.25) is 9.59 Å². The zero-order valence-corrected chi connectivity index (χ0v) is 13.2. The number of ether oxygens (including phenoxy) is 1. The van der Waals surface area contributed by atoms with Crippen molar-refractivity contribution in [2.24, 2.45) is 0 Å². The van der Waals surface area contributed by atoms with E-state index in [2.05, 4.69) is 20.8 Å². The number of nitrogens with zero attached hydrogens (tertiary/aromatic N) is 2. The van der Waals surface area contributed by atoms with Crippen molar-refractivity contribution in [1.82, 2.24) is 20.8 Å². The van der Waals surface area contributed by atoms with Crippen LogP contribution in [0, 0.1) is 0 Å². The monoisotopic (exact) mass is 330 g/mol. The van der Waals surface area contributed by atoms with Gasteiger partial charge in [-0.15, -0.1) is 0 Å². The Bertz CT molecular complexity index is 716. The first-order valence-corrected chi connectivity index (χ1v) is 7.72. The average Bonchev–Trinajstić information content (AvgIpc) is 3.08. The summed E-state index contributed by atoms with van der Waals surface area (Å²) in [6, 6.07) is 8.69. The number of carbonyl (C=O) groups is 2. The maximum atomic E-state index is 12.5. The third-order valence-electron chi connectivity index (χ3n) is 3.67. The van der Waals surface area contributed by atoms with Gasteiger partial charge in [0.1, 0.15) is 6.61 Å². The molecule has 0 aliphatic carbocycles. The molecule has 2 atom stereocenters. The number of nitrogens with one attached hydrogen (secondary N) is 2. The average molecular weight is 330 g/mol. The summed E-state index contributed by atoms with van der Waals surface area (Å²) in [6.45, 7) is 1.87. The predicted octanol–water partition coefficient (Wildman–Crippen LogP) is 0.504. The number of benzene rings is 1. The van der Waals surface area contributed by atoms with Gasteiger partial charge in [0.15, 0.2) is 11.9 Å². The van der Waals surface area contributed by atoms with Crippen molar-refractivity contribution in [3.63, 3.8) is 0 Å². The highest BCUT2D eigenvalue weighted by atomic mass is 16.5. The van der Waals surface area contributed by atoms with Crippen LogP contribution < -0.4 is 10.6 Å². The number of aromatic nitrogens is 2. The van der Waals surface area contributed by atoms with Gasteiger partial charge in [-0.1, -0.05) is 42.4 Å². The fourth-order valence-electron chi connectivity index (χ4n) is 2.47. The number of carbonyl (C=O) groups excluding carboxylic acids is 2. The smallest absolute Gasteiger partial charge is 0.252 e. The fraction of sp³-hybridized carbons (Fsp3) is 0.375. The molecule has 2 aromatic rings. The highest BCUT2D eigenvalue weighted by Gasteiger charge is 2.36. The summed E-state index contributed by atoms with van der Waals surface area (Å²) in [7, 11) is 0. The number of rotatable bonds is 5. The molecule has 2 unspecified atom stereocenters. The van der Waals surface area contributed by atoms with Gasteiger partial charge in [0, 0.05) is 6.42 Å². The molecule has 126 valence electrons. The molecule has 24 heavy (non-hydrogen) atoms. The Morgan fingerprint density at radius 2 is 2.17 bits per heavy atom. The van der Waals surface area contributed by atoms with Gasteiger partial charge < -0.3 is 19.9 Å². The molecule has 1 saturated heterocycles. The van der Waals surface area contributed by atoms with Crippen molar-refractivity contribution in [2.75, 3.05) is 6.61 Å². The van der Waals surface area contributed by atoms with Gasteiger partial charge in [-0.2, -0.15) is 4.98 Å². The molecule has 1 aliphatic heterocycles. The molecule has 1 fully saturated rings. The molecule has 3 rings (SSSR count). The highest BCUT2D eigenvalue weighted by molar-refractivity contribution is 5.86. The van der Waals surface area contributed by atoms with E-state index >= 15 is 0 Å². The van der Waals surface area contributed by atoms with Crippen LogP contribution in [0.3, 0.4) is 0 Å². The van der Waals surface area contributed by atoms with Gasteiger partial charge in [-0.05, 0) is 5.56 Å². The first kappa shape index (κ1) is 16.1. The van der Waals surface area contributed by atoms with Gasteiger partial charge in [-0.25, -0.2) is 0 Å². The lowest BCUT2D eigenvalue weighted by Gasteiger charge is -2.31. The lowest BCUT2D eigenvalue weighted by atomic mass is 9.99. The highest BCUT2D eigenvalue weighted by Crippen LogP contribution is 2.22. The van der Waals surface area contributed by atoms with Crippen LogP contribution in [0.4, 0.5) is 0 Å². The van der Waals surface area contributed by atoms with Crippen LogP contribution in [-0.4, -0.2) is 34.7 Å². The van der Waals surface area contributed by atoms with E-state index in [-0.39, 0.29) is 25.0 Å². The van der Waals surface area contributed by atoms with E-state index in [9.17, 15) is 9.59 Å². The second kappa shape index (κ2) is 7.22. The molecule has 0 bridgehead atoms. The molecule has 0 saturated carbocycles. The normalized spacial score (nSPS) is 20.5. The third kappa shape index (κ3) is 3.60. The predicted molar refractivity (Wildman–Crippen MR) is 82.6 cm³/mol. The summed E-state index contributed by atoms with van der Waals surface area (Å²) >= 11 is 0. The Morgan fingerprint density at radius 1 is 1.38 bits per heavy atom. The van der Waals surface area contributed by atoms with Gasteiger partial charge in [0.25, 0.3) is 5.91 Å². The van der Waals surface area contributed by atoms with Crippen LogP contribution in [0.1, 0.15) is 30.2 Å². The fourth-order valence-corrected chi connectivity index (χ4v) is 2.47. The summed E-state index contributed by atoms with van der Waals surface area (Å²) in [5.74, 6) is 0.316. The molecule has 1 aliphatic rings. The van der Waals surface area contributed by atoms with Crippen molar-refractivity contribution < 1.29 is 18.8 Å². The van der Waals surface area contributed by atoms with Crippen molar-refractivity contribution in [3.8, 4) is 0 Å². The van der Waals surface area contributed by atoms with Crippen LogP contribution in [0.15, 0.2) is 34.9 Å². The first-order chi connectivity index (χ1) is 11.7. The zero-order chi connectivity index (χ0) is 16.9. The Labute approximate surface area is 138 Å². The molecular formula is C16H18N4O4.